The summed E-state index contributed by atoms with van der Waals surface area (Å²) in [4.78, 5) is 23.8. The van der Waals surface area contributed by atoms with Gasteiger partial charge in [0.1, 0.15) is 6.61 Å². The Hall–Kier alpha value is -3.34. The number of halogens is 3. The number of ether oxygens (including phenoxy) is 1. The monoisotopic (exact) mass is 441 g/mol. The minimum Gasteiger partial charge on any atom is -0.478 e. The minimum absolute atomic E-state index is 0.102. The van der Waals surface area contributed by atoms with Crippen LogP contribution in [0.5, 0.6) is 0 Å². The molecule has 2 aromatic carbocycles. The molecule has 30 heavy (non-hydrogen) atoms. The second-order valence-corrected chi connectivity index (χ2v) is 7.91. The maximum atomic E-state index is 13.8. The smallest absolute Gasteiger partial charge is 0.445 e. The zero-order valence-corrected chi connectivity index (χ0v) is 15.9. The van der Waals surface area contributed by atoms with Crippen LogP contribution in [0.3, 0.4) is 0 Å². The standard InChI is InChI=1S/C19H14F3NO6S/c20-19(21,22)16-14(17(24)25)10-13-8-4-5-9-15(13)23(16)30(27,28)18(26)29-11-12-6-2-1-3-7-12/h1-10,16H,11H2,(H,24,25)/t16-/m0/s1. The summed E-state index contributed by atoms with van der Waals surface area (Å²) in [5.74, 6) is -1.97. The summed E-state index contributed by atoms with van der Waals surface area (Å²) in [5, 5.41) is 7.34. The Bertz CT molecular complexity index is 1110. The van der Waals surface area contributed by atoms with Gasteiger partial charge in [-0.1, -0.05) is 48.5 Å². The molecule has 11 heteroatoms. The molecule has 0 spiro atoms. The molecule has 0 aliphatic carbocycles. The number of carbonyl (C=O) groups is 2. The summed E-state index contributed by atoms with van der Waals surface area (Å²) in [5.41, 5.74) is -1.41. The molecule has 1 heterocycles. The summed E-state index contributed by atoms with van der Waals surface area (Å²) in [6, 6.07) is 9.77. The van der Waals surface area contributed by atoms with Crippen LogP contribution in [0, 0.1) is 0 Å². The maximum Gasteiger partial charge on any atom is 0.445 e. The van der Waals surface area contributed by atoms with Gasteiger partial charge in [-0.25, -0.2) is 13.9 Å². The number of para-hydroxylation sites is 1. The number of nitrogens with zero attached hydrogens (tertiary/aromatic N) is 1. The van der Waals surface area contributed by atoms with Gasteiger partial charge >= 0.3 is 27.5 Å². The average Bonchev–Trinajstić information content (AvgIpc) is 2.70. The van der Waals surface area contributed by atoms with Crippen molar-refractivity contribution in [3.05, 3.63) is 71.3 Å². The fourth-order valence-corrected chi connectivity index (χ4v) is 4.25. The van der Waals surface area contributed by atoms with E-state index >= 15 is 0 Å². The Balaban J connectivity index is 2.06. The zero-order valence-electron chi connectivity index (χ0n) is 15.0. The molecule has 0 aromatic heterocycles. The average molecular weight is 441 g/mol. The van der Waals surface area contributed by atoms with Crippen molar-refractivity contribution in [2.45, 2.75) is 18.8 Å². The summed E-state index contributed by atoms with van der Waals surface area (Å²) in [6.45, 7) is -0.493. The third-order valence-electron chi connectivity index (χ3n) is 4.24. The number of benzene rings is 2. The molecule has 0 unspecified atom stereocenters. The predicted molar refractivity (Wildman–Crippen MR) is 99.9 cm³/mol. The number of carbonyl (C=O) groups excluding carboxylic acids is 1. The molecule has 1 atom stereocenters. The van der Waals surface area contributed by atoms with E-state index in [1.807, 2.05) is 0 Å². The van der Waals surface area contributed by atoms with Gasteiger partial charge in [0.15, 0.2) is 6.04 Å². The van der Waals surface area contributed by atoms with Gasteiger partial charge in [0, 0.05) is 0 Å². The third kappa shape index (κ3) is 4.01. The van der Waals surface area contributed by atoms with Crippen LogP contribution in [0.15, 0.2) is 60.2 Å². The highest BCUT2D eigenvalue weighted by molar-refractivity contribution is 8.06. The second-order valence-electron chi connectivity index (χ2n) is 6.23. The molecule has 1 N–H and O–H groups in total. The highest BCUT2D eigenvalue weighted by Gasteiger charge is 2.55. The molecular formula is C19H14F3NO6S. The Kier molecular flexibility index (Phi) is 5.57. The van der Waals surface area contributed by atoms with Gasteiger partial charge in [0.25, 0.3) is 0 Å². The molecule has 0 bridgehead atoms. The Morgan fingerprint density at radius 1 is 1.03 bits per heavy atom. The molecule has 1 aliphatic heterocycles. The summed E-state index contributed by atoms with van der Waals surface area (Å²) in [6.07, 6.45) is -4.58. The lowest BCUT2D eigenvalue weighted by molar-refractivity contribution is -0.148. The topological polar surface area (TPSA) is 101 Å². The molecule has 3 rings (SSSR count). The third-order valence-corrected chi connectivity index (χ3v) is 5.70. The molecular weight excluding hydrogens is 427 g/mol. The number of anilines is 1. The first-order valence-corrected chi connectivity index (χ1v) is 9.83. The number of rotatable bonds is 4. The van der Waals surface area contributed by atoms with Crippen LogP contribution in [0.2, 0.25) is 0 Å². The normalized spacial score (nSPS) is 16.4. The number of fused-ring (bicyclic) bond motifs is 1. The molecule has 0 saturated carbocycles. The molecule has 7 nitrogen and oxygen atoms in total. The largest absolute Gasteiger partial charge is 0.478 e. The highest BCUT2D eigenvalue weighted by Crippen LogP contribution is 2.42. The van der Waals surface area contributed by atoms with Crippen molar-refractivity contribution in [2.75, 3.05) is 4.31 Å². The van der Waals surface area contributed by atoms with Gasteiger partial charge in [-0.3, -0.25) is 0 Å². The van der Waals surface area contributed by atoms with Crippen LogP contribution >= 0.6 is 0 Å². The number of carboxylic acid groups (broad SMARTS) is 1. The van der Waals surface area contributed by atoms with E-state index in [1.165, 1.54) is 30.3 Å². The van der Waals surface area contributed by atoms with E-state index in [-0.39, 0.29) is 9.87 Å². The van der Waals surface area contributed by atoms with Crippen molar-refractivity contribution in [3.63, 3.8) is 0 Å². The summed E-state index contributed by atoms with van der Waals surface area (Å²) < 4.78 is 71.5. The van der Waals surface area contributed by atoms with Crippen molar-refractivity contribution in [1.82, 2.24) is 0 Å². The fraction of sp³-hybridized carbons (Fsp3) is 0.158. The van der Waals surface area contributed by atoms with E-state index in [4.69, 9.17) is 4.74 Å². The first-order valence-electron chi connectivity index (χ1n) is 8.39. The van der Waals surface area contributed by atoms with E-state index in [9.17, 15) is 36.3 Å². The number of aliphatic carboxylic acids is 1. The van der Waals surface area contributed by atoms with E-state index in [1.54, 1.807) is 18.2 Å². The summed E-state index contributed by atoms with van der Waals surface area (Å²) in [7, 11) is -5.40. The molecule has 0 fully saturated rings. The molecule has 158 valence electrons. The van der Waals surface area contributed by atoms with E-state index in [2.05, 4.69) is 0 Å². The zero-order chi connectivity index (χ0) is 22.1. The molecule has 0 saturated heterocycles. The first-order chi connectivity index (χ1) is 14.0. The number of alkyl halides is 3. The Labute approximate surface area is 169 Å². The number of carboxylic acids is 1. The summed E-state index contributed by atoms with van der Waals surface area (Å²) >= 11 is 0. The van der Waals surface area contributed by atoms with Crippen LogP contribution in [-0.2, 0) is 26.2 Å². The van der Waals surface area contributed by atoms with Crippen LogP contribution in [0.1, 0.15) is 11.1 Å². The lowest BCUT2D eigenvalue weighted by atomic mass is 9.97. The minimum atomic E-state index is -5.40. The second kappa shape index (κ2) is 7.82. The van der Waals surface area contributed by atoms with Gasteiger partial charge in [0.2, 0.25) is 0 Å². The number of hydrogen-bond donors (Lipinski definition) is 1. The van der Waals surface area contributed by atoms with Crippen molar-refractivity contribution in [1.29, 1.82) is 0 Å². The van der Waals surface area contributed by atoms with E-state index < -0.39 is 51.4 Å². The Morgan fingerprint density at radius 2 is 1.63 bits per heavy atom. The number of hydrogen-bond acceptors (Lipinski definition) is 5. The predicted octanol–water partition coefficient (Wildman–Crippen LogP) is 3.57. The van der Waals surface area contributed by atoms with E-state index in [0.717, 1.165) is 12.1 Å². The van der Waals surface area contributed by atoms with Crippen LogP contribution in [-0.4, -0.2) is 37.0 Å². The SMILES string of the molecule is O=C(O)C1=Cc2ccccc2N(S(=O)(=O)C(=O)OCc2ccccc2)[C@@H]1C(F)(F)F. The van der Waals surface area contributed by atoms with Gasteiger partial charge in [0.05, 0.1) is 11.3 Å². The fourth-order valence-electron chi connectivity index (χ4n) is 2.95. The lowest BCUT2D eigenvalue weighted by Crippen LogP contribution is -2.54. The molecule has 2 aromatic rings. The van der Waals surface area contributed by atoms with Crippen molar-refractivity contribution < 1.29 is 41.0 Å². The molecule has 0 radical (unpaired) electrons. The van der Waals surface area contributed by atoms with Gasteiger partial charge in [-0.05, 0) is 23.3 Å². The lowest BCUT2D eigenvalue weighted by Gasteiger charge is -2.36. The maximum absolute atomic E-state index is 13.8. The Morgan fingerprint density at radius 3 is 2.23 bits per heavy atom. The van der Waals surface area contributed by atoms with Gasteiger partial charge in [-0.15, -0.1) is 0 Å². The molecule has 0 amide bonds. The number of sulfonamides is 1. The van der Waals surface area contributed by atoms with Crippen LogP contribution < -0.4 is 4.31 Å². The first kappa shape index (κ1) is 21.4. The van der Waals surface area contributed by atoms with Gasteiger partial charge < -0.3 is 9.84 Å². The van der Waals surface area contributed by atoms with Gasteiger partial charge in [-0.2, -0.15) is 21.6 Å². The van der Waals surface area contributed by atoms with E-state index in [0.29, 0.717) is 5.56 Å². The van der Waals surface area contributed by atoms with Crippen molar-refractivity contribution >= 4 is 33.1 Å². The van der Waals surface area contributed by atoms with Crippen molar-refractivity contribution in [2.24, 2.45) is 0 Å². The highest BCUT2D eigenvalue weighted by atomic mass is 32.2. The van der Waals surface area contributed by atoms with Crippen LogP contribution in [0.25, 0.3) is 6.08 Å². The van der Waals surface area contributed by atoms with Crippen molar-refractivity contribution in [3.8, 4) is 0 Å². The molecule has 1 aliphatic rings. The quantitative estimate of drug-likeness (QED) is 0.728. The van der Waals surface area contributed by atoms with Crippen LogP contribution in [0.4, 0.5) is 23.7 Å².